The van der Waals surface area contributed by atoms with Crippen molar-refractivity contribution in [2.24, 2.45) is 0 Å². The first kappa shape index (κ1) is 24.9. The highest BCUT2D eigenvalue weighted by Gasteiger charge is 2.17. The van der Waals surface area contributed by atoms with Crippen LogP contribution in [0.25, 0.3) is 0 Å². The molecule has 3 aromatic carbocycles. The fourth-order valence-corrected chi connectivity index (χ4v) is 4.02. The number of hydrogen-bond acceptors (Lipinski definition) is 4. The van der Waals surface area contributed by atoms with Crippen molar-refractivity contribution in [2.45, 2.75) is 33.4 Å². The van der Waals surface area contributed by atoms with E-state index in [-0.39, 0.29) is 23.9 Å². The van der Waals surface area contributed by atoms with Gasteiger partial charge >= 0.3 is 0 Å². The minimum Gasteiger partial charge on any atom is -0.489 e. The third-order valence-electron chi connectivity index (χ3n) is 6.11. The largest absolute Gasteiger partial charge is 0.489 e. The van der Waals surface area contributed by atoms with Gasteiger partial charge in [0.05, 0.1) is 12.2 Å². The van der Waals surface area contributed by atoms with E-state index in [1.165, 1.54) is 12.1 Å². The smallest absolute Gasteiger partial charge is 0.251 e. The van der Waals surface area contributed by atoms with Gasteiger partial charge in [-0.3, -0.25) is 14.3 Å². The fourth-order valence-electron chi connectivity index (χ4n) is 4.02. The predicted molar refractivity (Wildman–Crippen MR) is 136 cm³/mol. The first-order valence-electron chi connectivity index (χ1n) is 11.7. The number of carbonyl (C=O) groups is 2. The van der Waals surface area contributed by atoms with E-state index < -0.39 is 0 Å². The maximum absolute atomic E-state index is 13.0. The van der Waals surface area contributed by atoms with Gasteiger partial charge in [-0.05, 0) is 61.4 Å². The number of nitrogens with zero attached hydrogens (tertiary/aromatic N) is 2. The summed E-state index contributed by atoms with van der Waals surface area (Å²) in [4.78, 5) is 25.0. The van der Waals surface area contributed by atoms with Gasteiger partial charge in [0.2, 0.25) is 0 Å². The van der Waals surface area contributed by atoms with Crippen LogP contribution in [-0.2, 0) is 19.6 Å². The lowest BCUT2D eigenvalue weighted by Gasteiger charge is -2.08. The van der Waals surface area contributed by atoms with Gasteiger partial charge in [0.1, 0.15) is 18.2 Å². The summed E-state index contributed by atoms with van der Waals surface area (Å²) in [6.45, 7) is 4.70. The number of aryl methyl sites for hydroxylation is 1. The second-order valence-corrected chi connectivity index (χ2v) is 8.63. The average Bonchev–Trinajstić information content (AvgIpc) is 3.15. The van der Waals surface area contributed by atoms with Crippen molar-refractivity contribution >= 4 is 11.7 Å². The highest BCUT2D eigenvalue weighted by atomic mass is 19.1. The van der Waals surface area contributed by atoms with Gasteiger partial charge in [-0.2, -0.15) is 5.10 Å². The molecule has 0 radical (unpaired) electrons. The van der Waals surface area contributed by atoms with Crippen molar-refractivity contribution in [3.8, 4) is 5.75 Å². The lowest BCUT2D eigenvalue weighted by atomic mass is 10.0. The number of benzene rings is 3. The molecule has 6 nitrogen and oxygen atoms in total. The summed E-state index contributed by atoms with van der Waals surface area (Å²) in [7, 11) is 1.61. The minimum absolute atomic E-state index is 0.00775. The van der Waals surface area contributed by atoms with Crippen molar-refractivity contribution in [3.63, 3.8) is 0 Å². The molecule has 0 aliphatic heterocycles. The Morgan fingerprint density at radius 2 is 1.67 bits per heavy atom. The summed E-state index contributed by atoms with van der Waals surface area (Å²) in [5.74, 6) is 0.147. The van der Waals surface area contributed by atoms with Crippen molar-refractivity contribution in [1.82, 2.24) is 15.1 Å². The first-order valence-corrected chi connectivity index (χ1v) is 11.7. The van der Waals surface area contributed by atoms with Crippen LogP contribution in [-0.4, -0.2) is 28.5 Å². The summed E-state index contributed by atoms with van der Waals surface area (Å²) in [6, 6.07) is 20.6. The number of amides is 1. The number of Topliss-reactive ketones (excluding diaryl/α,β-unsaturated/α-hetero) is 1. The highest BCUT2D eigenvalue weighted by Crippen LogP contribution is 2.19. The molecule has 1 amide bonds. The molecule has 0 aliphatic rings. The molecular formula is C29H28FN3O3. The normalized spacial score (nSPS) is 10.8. The third kappa shape index (κ3) is 5.86. The van der Waals surface area contributed by atoms with Gasteiger partial charge < -0.3 is 10.1 Å². The second kappa shape index (κ2) is 11.0. The standard InChI is InChI=1S/C29H28FN3O3/c1-19-27(20(2)33(32-19)17-22-5-4-6-24(15-22)29(35)31-3)16-28(34)23-9-7-21(8-10-23)18-36-26-13-11-25(30)12-14-26/h4-15H,16-18H2,1-3H3,(H,31,35). The van der Waals surface area contributed by atoms with Gasteiger partial charge in [-0.1, -0.05) is 36.4 Å². The topological polar surface area (TPSA) is 73.2 Å². The molecule has 1 heterocycles. The van der Waals surface area contributed by atoms with Gasteiger partial charge in [0.15, 0.2) is 5.78 Å². The zero-order chi connectivity index (χ0) is 25.7. The van der Waals surface area contributed by atoms with Crippen molar-refractivity contribution in [3.05, 3.63) is 118 Å². The van der Waals surface area contributed by atoms with Crippen molar-refractivity contribution in [2.75, 3.05) is 7.05 Å². The number of rotatable bonds is 9. The SMILES string of the molecule is CNC(=O)c1cccc(Cn2nc(C)c(CC(=O)c3ccc(COc4ccc(F)cc4)cc3)c2C)c1. The van der Waals surface area contributed by atoms with Crippen LogP contribution in [0, 0.1) is 19.7 Å². The van der Waals surface area contributed by atoms with Gasteiger partial charge in [-0.15, -0.1) is 0 Å². The van der Waals surface area contributed by atoms with Crippen LogP contribution < -0.4 is 10.1 Å². The van der Waals surface area contributed by atoms with E-state index >= 15 is 0 Å². The first-order chi connectivity index (χ1) is 17.3. The molecular weight excluding hydrogens is 457 g/mol. The average molecular weight is 486 g/mol. The molecule has 7 heteroatoms. The van der Waals surface area contributed by atoms with E-state index in [1.807, 2.05) is 48.9 Å². The number of nitrogens with one attached hydrogen (secondary N) is 1. The number of ether oxygens (including phenoxy) is 1. The maximum Gasteiger partial charge on any atom is 0.251 e. The van der Waals surface area contributed by atoms with E-state index in [0.29, 0.717) is 30.0 Å². The Bertz CT molecular complexity index is 1380. The van der Waals surface area contributed by atoms with Crippen LogP contribution in [0.3, 0.4) is 0 Å². The Hall–Kier alpha value is -4.26. The summed E-state index contributed by atoms with van der Waals surface area (Å²) >= 11 is 0. The lowest BCUT2D eigenvalue weighted by molar-refractivity contribution is 0.0961. The number of halogens is 1. The third-order valence-corrected chi connectivity index (χ3v) is 6.11. The quantitative estimate of drug-likeness (QED) is 0.337. The fraction of sp³-hybridized carbons (Fsp3) is 0.207. The molecule has 0 aliphatic carbocycles. The lowest BCUT2D eigenvalue weighted by Crippen LogP contribution is -2.18. The number of ketones is 1. The predicted octanol–water partition coefficient (Wildman–Crippen LogP) is 5.05. The Morgan fingerprint density at radius 1 is 0.944 bits per heavy atom. The van der Waals surface area contributed by atoms with Crippen LogP contribution in [0.2, 0.25) is 0 Å². The van der Waals surface area contributed by atoms with Crippen LogP contribution in [0.5, 0.6) is 5.75 Å². The van der Waals surface area contributed by atoms with E-state index in [9.17, 15) is 14.0 Å². The summed E-state index contributed by atoms with van der Waals surface area (Å²) < 4.78 is 20.6. The molecule has 36 heavy (non-hydrogen) atoms. The van der Waals surface area contributed by atoms with E-state index in [0.717, 1.165) is 28.1 Å². The molecule has 0 bridgehead atoms. The highest BCUT2D eigenvalue weighted by molar-refractivity contribution is 5.97. The second-order valence-electron chi connectivity index (χ2n) is 8.63. The molecule has 4 aromatic rings. The Labute approximate surface area is 209 Å². The molecule has 1 aromatic heterocycles. The van der Waals surface area contributed by atoms with Gasteiger partial charge in [-0.25, -0.2) is 4.39 Å². The van der Waals surface area contributed by atoms with E-state index in [2.05, 4.69) is 10.4 Å². The molecule has 4 rings (SSSR count). The van der Waals surface area contributed by atoms with Crippen LogP contribution in [0.15, 0.2) is 72.8 Å². The van der Waals surface area contributed by atoms with Gasteiger partial charge in [0.25, 0.3) is 5.91 Å². The summed E-state index contributed by atoms with van der Waals surface area (Å²) in [6.07, 6.45) is 0.251. The number of carbonyl (C=O) groups excluding carboxylic acids is 2. The van der Waals surface area contributed by atoms with Crippen LogP contribution in [0.4, 0.5) is 4.39 Å². The molecule has 0 atom stereocenters. The molecule has 0 fully saturated rings. The Morgan fingerprint density at radius 3 is 2.36 bits per heavy atom. The summed E-state index contributed by atoms with van der Waals surface area (Å²) in [5.41, 5.74) is 5.73. The van der Waals surface area contributed by atoms with Crippen LogP contribution >= 0.6 is 0 Å². The molecule has 1 N–H and O–H groups in total. The summed E-state index contributed by atoms with van der Waals surface area (Å²) in [5, 5.41) is 7.28. The molecule has 0 saturated heterocycles. The van der Waals surface area contributed by atoms with E-state index in [1.54, 1.807) is 37.4 Å². The molecule has 0 saturated carbocycles. The van der Waals surface area contributed by atoms with Crippen LogP contribution in [0.1, 0.15) is 48.8 Å². The zero-order valence-electron chi connectivity index (χ0n) is 20.5. The molecule has 0 unspecified atom stereocenters. The molecule has 0 spiro atoms. The van der Waals surface area contributed by atoms with E-state index in [4.69, 9.17) is 4.74 Å². The Kier molecular flexibility index (Phi) is 7.59. The maximum atomic E-state index is 13.0. The monoisotopic (exact) mass is 485 g/mol. The minimum atomic E-state index is -0.309. The van der Waals surface area contributed by atoms with Gasteiger partial charge in [0, 0.05) is 35.9 Å². The van der Waals surface area contributed by atoms with Crippen molar-refractivity contribution in [1.29, 1.82) is 0 Å². The Balaban J connectivity index is 1.41. The number of hydrogen-bond donors (Lipinski definition) is 1. The van der Waals surface area contributed by atoms with Crippen molar-refractivity contribution < 1.29 is 18.7 Å². The number of aromatic nitrogens is 2. The zero-order valence-corrected chi connectivity index (χ0v) is 20.5. The molecule has 184 valence electrons.